The number of nitrogens with two attached hydrogens (primary N) is 1. The van der Waals surface area contributed by atoms with E-state index in [1.165, 1.54) is 10.4 Å². The Hall–Kier alpha value is -1.11. The van der Waals surface area contributed by atoms with Crippen molar-refractivity contribution in [2.75, 3.05) is 18.9 Å². The van der Waals surface area contributed by atoms with Crippen molar-refractivity contribution in [2.24, 2.45) is 0 Å². The second-order valence-electron chi connectivity index (χ2n) is 4.61. The van der Waals surface area contributed by atoms with Crippen molar-refractivity contribution in [3.8, 4) is 0 Å². The standard InChI is InChI=1S/C12H18N2O3S/c1-9-8-17-10(2)7-14(9)18(15,16)12-6-4-3-5-11(12)13/h3-6,9-10H,7-8,13H2,1-2H3. The number of rotatable bonds is 2. The van der Waals surface area contributed by atoms with Crippen LogP contribution in [0.15, 0.2) is 29.2 Å². The molecule has 1 aliphatic heterocycles. The Kier molecular flexibility index (Phi) is 3.61. The highest BCUT2D eigenvalue weighted by Crippen LogP contribution is 2.26. The lowest BCUT2D eigenvalue weighted by Gasteiger charge is -2.35. The van der Waals surface area contributed by atoms with Crippen LogP contribution in [0.3, 0.4) is 0 Å². The minimum absolute atomic E-state index is 0.0964. The van der Waals surface area contributed by atoms with Crippen molar-refractivity contribution in [1.82, 2.24) is 4.31 Å². The molecule has 1 heterocycles. The maximum atomic E-state index is 12.6. The third-order valence-corrected chi connectivity index (χ3v) is 5.11. The zero-order chi connectivity index (χ0) is 13.3. The number of hydrogen-bond acceptors (Lipinski definition) is 4. The van der Waals surface area contributed by atoms with Gasteiger partial charge in [0.2, 0.25) is 10.0 Å². The molecule has 0 radical (unpaired) electrons. The fraction of sp³-hybridized carbons (Fsp3) is 0.500. The number of hydrogen-bond donors (Lipinski definition) is 1. The lowest BCUT2D eigenvalue weighted by atomic mass is 10.2. The zero-order valence-corrected chi connectivity index (χ0v) is 11.4. The van der Waals surface area contributed by atoms with Gasteiger partial charge in [-0.05, 0) is 26.0 Å². The molecule has 2 atom stereocenters. The first-order chi connectivity index (χ1) is 8.43. The topological polar surface area (TPSA) is 72.6 Å². The number of para-hydroxylation sites is 1. The largest absolute Gasteiger partial charge is 0.398 e. The van der Waals surface area contributed by atoms with Crippen LogP contribution < -0.4 is 5.73 Å². The number of benzene rings is 1. The van der Waals surface area contributed by atoms with E-state index < -0.39 is 10.0 Å². The van der Waals surface area contributed by atoms with Crippen LogP contribution in [0.25, 0.3) is 0 Å². The van der Waals surface area contributed by atoms with Gasteiger partial charge in [0.1, 0.15) is 4.90 Å². The Morgan fingerprint density at radius 2 is 2.00 bits per heavy atom. The summed E-state index contributed by atoms with van der Waals surface area (Å²) in [6.07, 6.45) is -0.0964. The maximum absolute atomic E-state index is 12.6. The molecule has 0 aromatic heterocycles. The molecule has 1 fully saturated rings. The quantitative estimate of drug-likeness (QED) is 0.816. The van der Waals surface area contributed by atoms with Gasteiger partial charge in [0.15, 0.2) is 0 Å². The Morgan fingerprint density at radius 3 is 2.67 bits per heavy atom. The van der Waals surface area contributed by atoms with Crippen molar-refractivity contribution >= 4 is 15.7 Å². The molecule has 1 saturated heterocycles. The van der Waals surface area contributed by atoms with Gasteiger partial charge in [0, 0.05) is 12.6 Å². The molecule has 1 aromatic rings. The molecule has 0 amide bonds. The Labute approximate surface area is 108 Å². The average molecular weight is 270 g/mol. The minimum atomic E-state index is -3.55. The Bertz CT molecular complexity index is 530. The molecule has 6 heteroatoms. The summed E-state index contributed by atoms with van der Waals surface area (Å²) in [7, 11) is -3.55. The van der Waals surface area contributed by atoms with Gasteiger partial charge in [-0.25, -0.2) is 8.42 Å². The zero-order valence-electron chi connectivity index (χ0n) is 10.5. The molecule has 0 aliphatic carbocycles. The van der Waals surface area contributed by atoms with Crippen LogP contribution in [-0.4, -0.2) is 38.0 Å². The van der Waals surface area contributed by atoms with E-state index in [4.69, 9.17) is 10.5 Å². The summed E-state index contributed by atoms with van der Waals surface area (Å²) in [5, 5.41) is 0. The third-order valence-electron chi connectivity index (χ3n) is 3.06. The monoisotopic (exact) mass is 270 g/mol. The molecule has 0 saturated carbocycles. The van der Waals surface area contributed by atoms with Gasteiger partial charge in [0.25, 0.3) is 0 Å². The fourth-order valence-corrected chi connectivity index (χ4v) is 3.86. The molecule has 2 rings (SSSR count). The van der Waals surface area contributed by atoms with Crippen molar-refractivity contribution in [3.63, 3.8) is 0 Å². The summed E-state index contributed by atoms with van der Waals surface area (Å²) in [6.45, 7) is 4.47. The van der Waals surface area contributed by atoms with E-state index in [1.54, 1.807) is 18.2 Å². The van der Waals surface area contributed by atoms with Crippen LogP contribution in [-0.2, 0) is 14.8 Å². The first kappa shape index (κ1) is 13.3. The molecule has 1 aromatic carbocycles. The first-order valence-electron chi connectivity index (χ1n) is 5.91. The van der Waals surface area contributed by atoms with Gasteiger partial charge in [-0.1, -0.05) is 12.1 Å². The van der Waals surface area contributed by atoms with Crippen LogP contribution in [0.4, 0.5) is 5.69 Å². The molecule has 18 heavy (non-hydrogen) atoms. The normalized spacial score (nSPS) is 26.1. The number of sulfonamides is 1. The molecule has 2 unspecified atom stereocenters. The van der Waals surface area contributed by atoms with E-state index in [2.05, 4.69) is 0 Å². The number of nitrogen functional groups attached to an aromatic ring is 1. The second-order valence-corrected chi connectivity index (χ2v) is 6.46. The SMILES string of the molecule is CC1CN(S(=O)(=O)c2ccccc2N)C(C)CO1. The highest BCUT2D eigenvalue weighted by molar-refractivity contribution is 7.89. The lowest BCUT2D eigenvalue weighted by molar-refractivity contribution is -0.0170. The van der Waals surface area contributed by atoms with E-state index in [1.807, 2.05) is 13.8 Å². The number of ether oxygens (including phenoxy) is 1. The molecule has 1 aliphatic rings. The summed E-state index contributed by atoms with van der Waals surface area (Å²) < 4.78 is 32.0. The van der Waals surface area contributed by atoms with Crippen LogP contribution in [0.2, 0.25) is 0 Å². The lowest BCUT2D eigenvalue weighted by Crippen LogP contribution is -2.50. The van der Waals surface area contributed by atoms with E-state index in [0.29, 0.717) is 13.2 Å². The van der Waals surface area contributed by atoms with E-state index in [0.717, 1.165) is 0 Å². The van der Waals surface area contributed by atoms with Gasteiger partial charge in [-0.3, -0.25) is 0 Å². The summed E-state index contributed by atoms with van der Waals surface area (Å²) >= 11 is 0. The van der Waals surface area contributed by atoms with Gasteiger partial charge >= 0.3 is 0 Å². The van der Waals surface area contributed by atoms with Gasteiger partial charge in [-0.2, -0.15) is 4.31 Å². The Balaban J connectivity index is 2.39. The van der Waals surface area contributed by atoms with Gasteiger partial charge in [-0.15, -0.1) is 0 Å². The van der Waals surface area contributed by atoms with Crippen LogP contribution >= 0.6 is 0 Å². The second kappa shape index (κ2) is 4.87. The number of anilines is 1. The minimum Gasteiger partial charge on any atom is -0.398 e. The van der Waals surface area contributed by atoms with Gasteiger partial charge < -0.3 is 10.5 Å². The first-order valence-corrected chi connectivity index (χ1v) is 7.35. The smallest absolute Gasteiger partial charge is 0.245 e. The van der Waals surface area contributed by atoms with Gasteiger partial charge in [0.05, 0.1) is 18.4 Å². The molecule has 5 nitrogen and oxygen atoms in total. The fourth-order valence-electron chi connectivity index (χ4n) is 2.05. The van der Waals surface area contributed by atoms with Crippen molar-refractivity contribution in [3.05, 3.63) is 24.3 Å². The maximum Gasteiger partial charge on any atom is 0.245 e. The number of nitrogens with zero attached hydrogens (tertiary/aromatic N) is 1. The van der Waals surface area contributed by atoms with E-state index in [9.17, 15) is 8.42 Å². The average Bonchev–Trinajstić information content (AvgIpc) is 2.32. The third kappa shape index (κ3) is 2.36. The number of morpholine rings is 1. The molecule has 100 valence electrons. The molecular formula is C12H18N2O3S. The van der Waals surface area contributed by atoms with Crippen molar-refractivity contribution in [1.29, 1.82) is 0 Å². The van der Waals surface area contributed by atoms with Crippen molar-refractivity contribution < 1.29 is 13.2 Å². The van der Waals surface area contributed by atoms with Crippen LogP contribution in [0.1, 0.15) is 13.8 Å². The molecule has 2 N–H and O–H groups in total. The summed E-state index contributed by atoms with van der Waals surface area (Å²) in [6, 6.07) is 6.36. The summed E-state index contributed by atoms with van der Waals surface area (Å²) in [5.74, 6) is 0. The van der Waals surface area contributed by atoms with Crippen LogP contribution in [0, 0.1) is 0 Å². The Morgan fingerprint density at radius 1 is 1.33 bits per heavy atom. The molecular weight excluding hydrogens is 252 g/mol. The predicted molar refractivity (Wildman–Crippen MR) is 69.6 cm³/mol. The molecule has 0 spiro atoms. The highest BCUT2D eigenvalue weighted by atomic mass is 32.2. The van der Waals surface area contributed by atoms with Crippen LogP contribution in [0.5, 0.6) is 0 Å². The molecule has 0 bridgehead atoms. The predicted octanol–water partition coefficient (Wildman–Crippen LogP) is 1.07. The van der Waals surface area contributed by atoms with Crippen molar-refractivity contribution in [2.45, 2.75) is 30.9 Å². The summed E-state index contributed by atoms with van der Waals surface area (Å²) in [4.78, 5) is 0.172. The van der Waals surface area contributed by atoms with E-state index >= 15 is 0 Å². The summed E-state index contributed by atoms with van der Waals surface area (Å²) in [5.41, 5.74) is 6.04. The van der Waals surface area contributed by atoms with E-state index in [-0.39, 0.29) is 22.7 Å². The highest BCUT2D eigenvalue weighted by Gasteiger charge is 2.34.